The average Bonchev–Trinajstić information content (AvgIpc) is 2.76. The summed E-state index contributed by atoms with van der Waals surface area (Å²) >= 11 is 1.50. The molecule has 2 aromatic rings. The van der Waals surface area contributed by atoms with E-state index in [0.29, 0.717) is 29.6 Å². The standard InChI is InChI=1S/C12H13N5OS/c1-17-11(14)15-16-12(17)19-7-6-18-10-5-3-2-4-9(10)8-13/h2-5H,6-7H2,1H3,(H2,14,15). The van der Waals surface area contributed by atoms with E-state index >= 15 is 0 Å². The fourth-order valence-corrected chi connectivity index (χ4v) is 2.16. The maximum atomic E-state index is 8.92. The highest BCUT2D eigenvalue weighted by Gasteiger charge is 2.06. The van der Waals surface area contributed by atoms with Crippen LogP contribution < -0.4 is 10.5 Å². The van der Waals surface area contributed by atoms with Crippen molar-refractivity contribution in [2.24, 2.45) is 7.05 Å². The molecule has 0 aliphatic carbocycles. The Morgan fingerprint density at radius 2 is 2.21 bits per heavy atom. The van der Waals surface area contributed by atoms with Crippen molar-refractivity contribution in [3.05, 3.63) is 29.8 Å². The number of thioether (sulfide) groups is 1. The molecule has 0 aliphatic rings. The van der Waals surface area contributed by atoms with Crippen LogP contribution in [0.25, 0.3) is 0 Å². The Kier molecular flexibility index (Phi) is 4.26. The van der Waals surface area contributed by atoms with Gasteiger partial charge in [0, 0.05) is 12.8 Å². The third kappa shape index (κ3) is 3.17. The summed E-state index contributed by atoms with van der Waals surface area (Å²) in [5, 5.41) is 17.4. The average molecular weight is 275 g/mol. The molecule has 0 saturated carbocycles. The van der Waals surface area contributed by atoms with Crippen molar-refractivity contribution in [1.82, 2.24) is 14.8 Å². The zero-order valence-corrected chi connectivity index (χ0v) is 11.2. The topological polar surface area (TPSA) is 89.8 Å². The quantitative estimate of drug-likeness (QED) is 0.656. The van der Waals surface area contributed by atoms with Gasteiger partial charge in [-0.15, -0.1) is 10.2 Å². The Bertz CT molecular complexity index is 604. The zero-order valence-electron chi connectivity index (χ0n) is 10.4. The second-order valence-corrected chi connectivity index (χ2v) is 4.77. The van der Waals surface area contributed by atoms with E-state index in [2.05, 4.69) is 16.3 Å². The van der Waals surface area contributed by atoms with E-state index in [1.165, 1.54) is 11.8 Å². The first-order chi connectivity index (χ1) is 9.22. The fourth-order valence-electron chi connectivity index (χ4n) is 1.42. The van der Waals surface area contributed by atoms with Crippen molar-refractivity contribution >= 4 is 17.7 Å². The molecule has 0 bridgehead atoms. The van der Waals surface area contributed by atoms with Gasteiger partial charge in [0.2, 0.25) is 5.95 Å². The number of para-hydroxylation sites is 1. The van der Waals surface area contributed by atoms with Gasteiger partial charge in [0.05, 0.1) is 12.2 Å². The van der Waals surface area contributed by atoms with Gasteiger partial charge in [-0.1, -0.05) is 23.9 Å². The number of nitriles is 1. The number of hydrogen-bond acceptors (Lipinski definition) is 6. The summed E-state index contributed by atoms with van der Waals surface area (Å²) in [6, 6.07) is 9.25. The van der Waals surface area contributed by atoms with Gasteiger partial charge < -0.3 is 10.5 Å². The molecule has 2 rings (SSSR count). The number of nitrogens with two attached hydrogens (primary N) is 1. The molecule has 0 atom stereocenters. The first kappa shape index (κ1) is 13.2. The van der Waals surface area contributed by atoms with Crippen LogP contribution in [0, 0.1) is 11.3 Å². The lowest BCUT2D eigenvalue weighted by atomic mass is 10.2. The lowest BCUT2D eigenvalue weighted by molar-refractivity contribution is 0.343. The summed E-state index contributed by atoms with van der Waals surface area (Å²) in [4.78, 5) is 0. The Morgan fingerprint density at radius 3 is 2.89 bits per heavy atom. The van der Waals surface area contributed by atoms with Gasteiger partial charge in [-0.25, -0.2) is 0 Å². The van der Waals surface area contributed by atoms with E-state index < -0.39 is 0 Å². The van der Waals surface area contributed by atoms with E-state index in [0.717, 1.165) is 5.16 Å². The van der Waals surface area contributed by atoms with Crippen LogP contribution in [-0.2, 0) is 7.05 Å². The summed E-state index contributed by atoms with van der Waals surface area (Å²) in [7, 11) is 1.81. The van der Waals surface area contributed by atoms with Crippen LogP contribution in [-0.4, -0.2) is 27.1 Å². The predicted octanol–water partition coefficient (Wildman–Crippen LogP) is 1.44. The van der Waals surface area contributed by atoms with Crippen LogP contribution in [0.4, 0.5) is 5.95 Å². The minimum Gasteiger partial charge on any atom is -0.491 e. The summed E-state index contributed by atoms with van der Waals surface area (Å²) in [5.41, 5.74) is 6.12. The molecular weight excluding hydrogens is 262 g/mol. The molecule has 1 heterocycles. The number of anilines is 1. The van der Waals surface area contributed by atoms with Gasteiger partial charge in [0.25, 0.3) is 0 Å². The molecular formula is C12H13N5OS. The maximum absolute atomic E-state index is 8.92. The van der Waals surface area contributed by atoms with Gasteiger partial charge in [-0.05, 0) is 12.1 Å². The first-order valence-corrected chi connectivity index (χ1v) is 6.60. The normalized spacial score (nSPS) is 10.1. The van der Waals surface area contributed by atoms with Crippen LogP contribution in [0.2, 0.25) is 0 Å². The Labute approximate surface area is 115 Å². The molecule has 0 fully saturated rings. The third-order valence-corrected chi connectivity index (χ3v) is 3.43. The molecule has 0 aliphatic heterocycles. The number of nitrogen functional groups attached to an aromatic ring is 1. The molecule has 19 heavy (non-hydrogen) atoms. The zero-order chi connectivity index (χ0) is 13.7. The SMILES string of the molecule is Cn1c(N)nnc1SCCOc1ccccc1C#N. The highest BCUT2D eigenvalue weighted by Crippen LogP contribution is 2.19. The molecule has 1 aromatic carbocycles. The number of rotatable bonds is 5. The Balaban J connectivity index is 1.84. The molecule has 98 valence electrons. The van der Waals surface area contributed by atoms with Crippen LogP contribution >= 0.6 is 11.8 Å². The van der Waals surface area contributed by atoms with E-state index in [1.807, 2.05) is 19.2 Å². The predicted molar refractivity (Wildman–Crippen MR) is 72.8 cm³/mol. The van der Waals surface area contributed by atoms with Crippen LogP contribution in [0.1, 0.15) is 5.56 Å². The monoisotopic (exact) mass is 275 g/mol. The van der Waals surface area contributed by atoms with Gasteiger partial charge in [0.15, 0.2) is 5.16 Å². The van der Waals surface area contributed by atoms with Gasteiger partial charge >= 0.3 is 0 Å². The molecule has 6 nitrogen and oxygen atoms in total. The maximum Gasteiger partial charge on any atom is 0.222 e. The highest BCUT2D eigenvalue weighted by molar-refractivity contribution is 7.99. The summed E-state index contributed by atoms with van der Waals surface area (Å²) in [6.07, 6.45) is 0. The summed E-state index contributed by atoms with van der Waals surface area (Å²) < 4.78 is 7.28. The van der Waals surface area contributed by atoms with Crippen LogP contribution in [0.5, 0.6) is 5.75 Å². The molecule has 0 unspecified atom stereocenters. The van der Waals surface area contributed by atoms with Crippen molar-refractivity contribution in [1.29, 1.82) is 5.26 Å². The molecule has 0 radical (unpaired) electrons. The van der Waals surface area contributed by atoms with Crippen molar-refractivity contribution in [3.63, 3.8) is 0 Å². The van der Waals surface area contributed by atoms with Crippen LogP contribution in [0.15, 0.2) is 29.4 Å². The second-order valence-electron chi connectivity index (χ2n) is 3.70. The number of nitrogens with zero attached hydrogens (tertiary/aromatic N) is 4. The Morgan fingerprint density at radius 1 is 1.42 bits per heavy atom. The lowest BCUT2D eigenvalue weighted by Gasteiger charge is -2.06. The van der Waals surface area contributed by atoms with Crippen molar-refractivity contribution in [2.45, 2.75) is 5.16 Å². The minimum absolute atomic E-state index is 0.387. The Hall–Kier alpha value is -2.20. The van der Waals surface area contributed by atoms with Crippen molar-refractivity contribution in [2.75, 3.05) is 18.1 Å². The van der Waals surface area contributed by atoms with E-state index in [4.69, 9.17) is 15.7 Å². The molecule has 0 amide bonds. The van der Waals surface area contributed by atoms with E-state index in [1.54, 1.807) is 16.7 Å². The largest absolute Gasteiger partial charge is 0.491 e. The van der Waals surface area contributed by atoms with E-state index in [9.17, 15) is 0 Å². The second kappa shape index (κ2) is 6.11. The highest BCUT2D eigenvalue weighted by atomic mass is 32.2. The van der Waals surface area contributed by atoms with Gasteiger partial charge in [-0.2, -0.15) is 5.26 Å². The van der Waals surface area contributed by atoms with Crippen LogP contribution in [0.3, 0.4) is 0 Å². The molecule has 1 aromatic heterocycles. The van der Waals surface area contributed by atoms with Crippen molar-refractivity contribution < 1.29 is 4.74 Å². The fraction of sp³-hybridized carbons (Fsp3) is 0.250. The van der Waals surface area contributed by atoms with Crippen molar-refractivity contribution in [3.8, 4) is 11.8 Å². The third-order valence-electron chi connectivity index (χ3n) is 2.45. The number of ether oxygens (including phenoxy) is 1. The molecule has 7 heteroatoms. The number of hydrogen-bond donors (Lipinski definition) is 1. The smallest absolute Gasteiger partial charge is 0.222 e. The molecule has 0 spiro atoms. The molecule has 2 N–H and O–H groups in total. The summed E-state index contributed by atoms with van der Waals surface area (Å²) in [5.74, 6) is 1.69. The first-order valence-electron chi connectivity index (χ1n) is 5.62. The minimum atomic E-state index is 0.387. The summed E-state index contributed by atoms with van der Waals surface area (Å²) in [6.45, 7) is 0.482. The van der Waals surface area contributed by atoms with Gasteiger partial charge in [0.1, 0.15) is 11.8 Å². The molecule has 0 saturated heterocycles. The van der Waals surface area contributed by atoms with Gasteiger partial charge in [-0.3, -0.25) is 4.57 Å². The number of aromatic nitrogens is 3. The number of benzene rings is 1. The lowest BCUT2D eigenvalue weighted by Crippen LogP contribution is -2.03. The van der Waals surface area contributed by atoms with E-state index in [-0.39, 0.29) is 0 Å².